The van der Waals surface area contributed by atoms with Crippen molar-refractivity contribution in [2.75, 3.05) is 0 Å². The van der Waals surface area contributed by atoms with Crippen LogP contribution in [0.3, 0.4) is 0 Å². The van der Waals surface area contributed by atoms with E-state index in [4.69, 9.17) is 4.74 Å². The molecule has 0 spiro atoms. The molecule has 0 unspecified atom stereocenters. The van der Waals surface area contributed by atoms with Crippen LogP contribution in [0.1, 0.15) is 37.5 Å². The zero-order valence-corrected chi connectivity index (χ0v) is 15.8. The first kappa shape index (κ1) is 19.4. The Morgan fingerprint density at radius 2 is 1.78 bits per heavy atom. The molecule has 1 aromatic carbocycles. The number of carbonyl (C=O) groups is 1. The fraction of sp³-hybridized carbons (Fsp3) is 0.368. The van der Waals surface area contributed by atoms with Crippen LogP contribution in [0.4, 0.5) is 0 Å². The summed E-state index contributed by atoms with van der Waals surface area (Å²) in [5, 5.41) is 0. The van der Waals surface area contributed by atoms with Gasteiger partial charge in [-0.2, -0.15) is 0 Å². The van der Waals surface area contributed by atoms with Crippen molar-refractivity contribution < 1.29 is 31.1 Å². The molecular weight excluding hydrogens is 354 g/mol. The summed E-state index contributed by atoms with van der Waals surface area (Å²) in [5.41, 5.74) is 2.90. The number of carbonyl (C=O) groups excluding carboxylic acids is 1. The molecule has 2 aromatic rings. The third kappa shape index (κ3) is 6.53. The SMILES string of the molecule is Cc1cc[n+](Cc2ccccc2)cc1CC(=O)OC(C)(C)C.[Br-]. The van der Waals surface area contributed by atoms with Crippen LogP contribution in [0.5, 0.6) is 0 Å². The summed E-state index contributed by atoms with van der Waals surface area (Å²) in [6, 6.07) is 12.3. The Hall–Kier alpha value is -1.68. The van der Waals surface area contributed by atoms with E-state index in [1.54, 1.807) is 0 Å². The molecule has 0 bridgehead atoms. The van der Waals surface area contributed by atoms with Crippen molar-refractivity contribution in [3.05, 3.63) is 65.5 Å². The van der Waals surface area contributed by atoms with Crippen LogP contribution in [0, 0.1) is 6.92 Å². The van der Waals surface area contributed by atoms with Crippen molar-refractivity contribution in [2.24, 2.45) is 0 Å². The van der Waals surface area contributed by atoms with Crippen molar-refractivity contribution >= 4 is 5.97 Å². The van der Waals surface area contributed by atoms with E-state index in [0.717, 1.165) is 17.7 Å². The van der Waals surface area contributed by atoms with Crippen LogP contribution >= 0.6 is 0 Å². The highest BCUT2D eigenvalue weighted by Gasteiger charge is 2.18. The van der Waals surface area contributed by atoms with Crippen LogP contribution in [0.15, 0.2) is 48.8 Å². The molecule has 0 aliphatic rings. The van der Waals surface area contributed by atoms with Gasteiger partial charge in [-0.15, -0.1) is 0 Å². The Kier molecular flexibility index (Phi) is 6.95. The lowest BCUT2D eigenvalue weighted by molar-refractivity contribution is -0.688. The van der Waals surface area contributed by atoms with Crippen molar-refractivity contribution in [1.82, 2.24) is 0 Å². The zero-order valence-electron chi connectivity index (χ0n) is 14.2. The highest BCUT2D eigenvalue weighted by molar-refractivity contribution is 5.73. The van der Waals surface area contributed by atoms with Gasteiger partial charge in [0.05, 0.1) is 6.42 Å². The number of pyridine rings is 1. The lowest BCUT2D eigenvalue weighted by Gasteiger charge is -2.19. The molecule has 23 heavy (non-hydrogen) atoms. The summed E-state index contributed by atoms with van der Waals surface area (Å²) in [4.78, 5) is 12.0. The van der Waals surface area contributed by atoms with Gasteiger partial charge in [-0.05, 0) is 33.3 Å². The summed E-state index contributed by atoms with van der Waals surface area (Å²) >= 11 is 0. The first-order chi connectivity index (χ1) is 10.3. The van der Waals surface area contributed by atoms with Gasteiger partial charge in [-0.1, -0.05) is 30.3 Å². The summed E-state index contributed by atoms with van der Waals surface area (Å²) in [5.74, 6) is -0.187. The monoisotopic (exact) mass is 377 g/mol. The molecule has 0 amide bonds. The van der Waals surface area contributed by atoms with Gasteiger partial charge in [0.1, 0.15) is 5.60 Å². The molecule has 124 valence electrons. The fourth-order valence-electron chi connectivity index (χ4n) is 2.27. The maximum absolute atomic E-state index is 12.0. The number of aryl methyl sites for hydroxylation is 1. The second-order valence-electron chi connectivity index (χ2n) is 6.57. The van der Waals surface area contributed by atoms with Crippen molar-refractivity contribution in [1.29, 1.82) is 0 Å². The Labute approximate surface area is 149 Å². The highest BCUT2D eigenvalue weighted by Crippen LogP contribution is 2.12. The molecule has 1 aromatic heterocycles. The van der Waals surface area contributed by atoms with E-state index in [-0.39, 0.29) is 23.0 Å². The van der Waals surface area contributed by atoms with Crippen LogP contribution in [-0.2, 0) is 22.5 Å². The van der Waals surface area contributed by atoms with Gasteiger partial charge in [-0.25, -0.2) is 4.57 Å². The molecule has 0 atom stereocenters. The molecule has 0 N–H and O–H groups in total. The molecule has 4 heteroatoms. The van der Waals surface area contributed by atoms with Crippen LogP contribution in [0.25, 0.3) is 0 Å². The van der Waals surface area contributed by atoms with Crippen LogP contribution in [0.2, 0.25) is 0 Å². The van der Waals surface area contributed by atoms with E-state index in [9.17, 15) is 4.79 Å². The third-order valence-electron chi connectivity index (χ3n) is 3.31. The van der Waals surface area contributed by atoms with Gasteiger partial charge in [0, 0.05) is 17.2 Å². The lowest BCUT2D eigenvalue weighted by atomic mass is 10.1. The summed E-state index contributed by atoms with van der Waals surface area (Å²) in [7, 11) is 0. The number of aromatic nitrogens is 1. The fourth-order valence-corrected chi connectivity index (χ4v) is 2.27. The molecule has 0 radical (unpaired) electrons. The topological polar surface area (TPSA) is 30.2 Å². The first-order valence-corrected chi connectivity index (χ1v) is 7.58. The van der Waals surface area contributed by atoms with Crippen LogP contribution in [-0.4, -0.2) is 11.6 Å². The molecule has 0 aliphatic heterocycles. The van der Waals surface area contributed by atoms with E-state index in [2.05, 4.69) is 16.7 Å². The Morgan fingerprint density at radius 3 is 2.39 bits per heavy atom. The Morgan fingerprint density at radius 1 is 1.13 bits per heavy atom. The van der Waals surface area contributed by atoms with E-state index in [1.807, 2.05) is 64.4 Å². The van der Waals surface area contributed by atoms with E-state index in [1.165, 1.54) is 5.56 Å². The normalized spacial score (nSPS) is 10.8. The van der Waals surface area contributed by atoms with Gasteiger partial charge < -0.3 is 21.7 Å². The quantitative estimate of drug-likeness (QED) is 0.563. The highest BCUT2D eigenvalue weighted by atomic mass is 79.9. The predicted octanol–water partition coefficient (Wildman–Crippen LogP) is 0.219. The maximum Gasteiger partial charge on any atom is 0.311 e. The van der Waals surface area contributed by atoms with Gasteiger partial charge >= 0.3 is 5.97 Å². The molecule has 0 saturated heterocycles. The third-order valence-corrected chi connectivity index (χ3v) is 3.31. The smallest absolute Gasteiger partial charge is 0.311 e. The van der Waals surface area contributed by atoms with Crippen molar-refractivity contribution in [3.63, 3.8) is 0 Å². The molecule has 0 fully saturated rings. The lowest BCUT2D eigenvalue weighted by Crippen LogP contribution is -3.00. The number of rotatable bonds is 4. The number of ether oxygens (including phenoxy) is 1. The van der Waals surface area contributed by atoms with E-state index in [0.29, 0.717) is 6.42 Å². The maximum atomic E-state index is 12.0. The van der Waals surface area contributed by atoms with Gasteiger partial charge in [0.2, 0.25) is 0 Å². The number of halogens is 1. The molecule has 1 heterocycles. The second kappa shape index (κ2) is 8.25. The van der Waals surface area contributed by atoms with Gasteiger partial charge in [-0.3, -0.25) is 4.79 Å². The predicted molar refractivity (Wildman–Crippen MR) is 86.5 cm³/mol. The number of esters is 1. The molecule has 0 saturated carbocycles. The minimum atomic E-state index is -0.445. The average Bonchev–Trinajstić information content (AvgIpc) is 2.41. The average molecular weight is 378 g/mol. The number of hydrogen-bond donors (Lipinski definition) is 0. The number of benzene rings is 1. The molecule has 2 rings (SSSR count). The van der Waals surface area contributed by atoms with Gasteiger partial charge in [0.25, 0.3) is 0 Å². The minimum absolute atomic E-state index is 0. The summed E-state index contributed by atoms with van der Waals surface area (Å²) < 4.78 is 7.51. The first-order valence-electron chi connectivity index (χ1n) is 7.58. The standard InChI is InChI=1S/C19H24NO2.BrH/c1-15-10-11-20(13-16-8-6-5-7-9-16)14-17(15)12-18(21)22-19(2,3)4;/h5-11,14H,12-13H2,1-4H3;1H/q+1;/p-1. The molecule has 3 nitrogen and oxygen atoms in total. The van der Waals surface area contributed by atoms with Gasteiger partial charge in [0.15, 0.2) is 18.9 Å². The number of hydrogen-bond acceptors (Lipinski definition) is 2. The Bertz CT molecular complexity index is 648. The number of nitrogens with zero attached hydrogens (tertiary/aromatic N) is 1. The Balaban J connectivity index is 0.00000264. The van der Waals surface area contributed by atoms with E-state index < -0.39 is 5.60 Å². The molecular formula is C19H24BrNO2. The largest absolute Gasteiger partial charge is 1.00 e. The summed E-state index contributed by atoms with van der Waals surface area (Å²) in [6.45, 7) is 8.48. The van der Waals surface area contributed by atoms with Crippen LogP contribution < -0.4 is 21.5 Å². The van der Waals surface area contributed by atoms with Crippen molar-refractivity contribution in [3.8, 4) is 0 Å². The summed E-state index contributed by atoms with van der Waals surface area (Å²) in [6.07, 6.45) is 4.38. The molecule has 0 aliphatic carbocycles. The van der Waals surface area contributed by atoms with E-state index >= 15 is 0 Å². The zero-order chi connectivity index (χ0) is 16.2. The second-order valence-corrected chi connectivity index (χ2v) is 6.57. The minimum Gasteiger partial charge on any atom is -1.00 e. The van der Waals surface area contributed by atoms with Crippen molar-refractivity contribution in [2.45, 2.75) is 46.3 Å².